The highest BCUT2D eigenvalue weighted by Gasteiger charge is 2.55. The first kappa shape index (κ1) is 17.9. The Morgan fingerprint density at radius 1 is 1.31 bits per heavy atom. The molecule has 0 unspecified atom stereocenters. The quantitative estimate of drug-likeness (QED) is 0.585. The van der Waals surface area contributed by atoms with Crippen LogP contribution in [0.25, 0.3) is 11.2 Å². The van der Waals surface area contributed by atoms with E-state index < -0.39 is 5.79 Å². The maximum Gasteiger partial charge on any atom is 0.191 e. The third-order valence-corrected chi connectivity index (χ3v) is 5.92. The first-order valence-corrected chi connectivity index (χ1v) is 9.89. The summed E-state index contributed by atoms with van der Waals surface area (Å²) < 4.78 is 13.9. The Balaban J connectivity index is 1.73. The molecule has 1 aliphatic heterocycles. The predicted octanol–water partition coefficient (Wildman–Crippen LogP) is 1.38. The number of thioether (sulfide) groups is 1. The summed E-state index contributed by atoms with van der Waals surface area (Å²) in [5.41, 5.74) is 7.16. The number of rotatable bonds is 5. The van der Waals surface area contributed by atoms with Gasteiger partial charge in [-0.25, -0.2) is 14.6 Å². The standard InChI is InChI=1S/C16H24N6O3S/c1-4-5-26-15-18-13(17)10-14(19-15)22(21-20-10)9-6-8(7-23)11-12(9)25-16(2,3)24-11/h8-9,11-12,23H,4-7H2,1-3H3,(H2,17,18,19)/t8-,9-,11-,12+/m1/s1. The molecule has 1 saturated carbocycles. The molecule has 2 fully saturated rings. The summed E-state index contributed by atoms with van der Waals surface area (Å²) in [6, 6.07) is -0.123. The van der Waals surface area contributed by atoms with Gasteiger partial charge in [-0.3, -0.25) is 0 Å². The van der Waals surface area contributed by atoms with Crippen molar-refractivity contribution in [1.82, 2.24) is 25.0 Å². The number of hydrogen-bond donors (Lipinski definition) is 2. The van der Waals surface area contributed by atoms with Crippen molar-refractivity contribution in [2.75, 3.05) is 18.1 Å². The van der Waals surface area contributed by atoms with Gasteiger partial charge in [0, 0.05) is 18.3 Å². The Labute approximate surface area is 155 Å². The highest BCUT2D eigenvalue weighted by atomic mass is 32.2. The number of fused-ring (bicyclic) bond motifs is 2. The molecule has 26 heavy (non-hydrogen) atoms. The number of aromatic nitrogens is 5. The van der Waals surface area contributed by atoms with Gasteiger partial charge >= 0.3 is 0 Å². The molecule has 0 radical (unpaired) electrons. The molecule has 0 bridgehead atoms. The molecular weight excluding hydrogens is 356 g/mol. The molecule has 142 valence electrons. The Kier molecular flexibility index (Phi) is 4.54. The van der Waals surface area contributed by atoms with Crippen LogP contribution in [-0.2, 0) is 9.47 Å². The Hall–Kier alpha value is -1.49. The first-order valence-electron chi connectivity index (χ1n) is 8.91. The monoisotopic (exact) mass is 380 g/mol. The fourth-order valence-electron chi connectivity index (χ4n) is 3.79. The predicted molar refractivity (Wildman–Crippen MR) is 96.6 cm³/mol. The van der Waals surface area contributed by atoms with Crippen molar-refractivity contribution < 1.29 is 14.6 Å². The average molecular weight is 380 g/mol. The highest BCUT2D eigenvalue weighted by molar-refractivity contribution is 7.99. The lowest BCUT2D eigenvalue weighted by Gasteiger charge is -2.23. The van der Waals surface area contributed by atoms with Gasteiger partial charge in [0.15, 0.2) is 27.9 Å². The lowest BCUT2D eigenvalue weighted by molar-refractivity contribution is -0.162. The van der Waals surface area contributed by atoms with E-state index >= 15 is 0 Å². The van der Waals surface area contributed by atoms with Crippen molar-refractivity contribution in [2.24, 2.45) is 5.92 Å². The van der Waals surface area contributed by atoms with Gasteiger partial charge in [-0.2, -0.15) is 0 Å². The second-order valence-electron chi connectivity index (χ2n) is 7.26. The molecular formula is C16H24N6O3S. The zero-order valence-electron chi connectivity index (χ0n) is 15.1. The molecule has 0 aromatic carbocycles. The van der Waals surface area contributed by atoms with Crippen LogP contribution >= 0.6 is 11.8 Å². The van der Waals surface area contributed by atoms with E-state index in [4.69, 9.17) is 15.2 Å². The molecule has 1 aliphatic carbocycles. The molecule has 9 nitrogen and oxygen atoms in total. The smallest absolute Gasteiger partial charge is 0.191 e. The van der Waals surface area contributed by atoms with Crippen molar-refractivity contribution in [3.05, 3.63) is 0 Å². The van der Waals surface area contributed by atoms with Crippen LogP contribution in [0.15, 0.2) is 5.16 Å². The maximum atomic E-state index is 9.77. The van der Waals surface area contributed by atoms with Gasteiger partial charge in [0.1, 0.15) is 6.10 Å². The van der Waals surface area contributed by atoms with E-state index in [1.54, 1.807) is 16.4 Å². The van der Waals surface area contributed by atoms with Gasteiger partial charge < -0.3 is 20.3 Å². The minimum Gasteiger partial charge on any atom is -0.396 e. The minimum atomic E-state index is -0.687. The van der Waals surface area contributed by atoms with Crippen molar-refractivity contribution >= 4 is 28.7 Å². The van der Waals surface area contributed by atoms with Crippen LogP contribution in [0.1, 0.15) is 39.7 Å². The number of nitrogen functional groups attached to an aromatic ring is 1. The number of aliphatic hydroxyl groups is 1. The molecule has 4 atom stereocenters. The molecule has 4 rings (SSSR count). The van der Waals surface area contributed by atoms with Gasteiger partial charge in [-0.1, -0.05) is 23.9 Å². The third-order valence-electron chi connectivity index (χ3n) is 4.87. The summed E-state index contributed by atoms with van der Waals surface area (Å²) >= 11 is 1.56. The number of anilines is 1. The Morgan fingerprint density at radius 2 is 2.08 bits per heavy atom. The van der Waals surface area contributed by atoms with Crippen molar-refractivity contribution in [3.8, 4) is 0 Å². The van der Waals surface area contributed by atoms with Gasteiger partial charge in [-0.15, -0.1) is 5.10 Å². The summed E-state index contributed by atoms with van der Waals surface area (Å²) in [6.45, 7) is 5.91. The number of nitrogens with two attached hydrogens (primary N) is 1. The van der Waals surface area contributed by atoms with Gasteiger partial charge in [-0.05, 0) is 26.7 Å². The van der Waals surface area contributed by atoms with Gasteiger partial charge in [0.25, 0.3) is 0 Å². The normalized spacial score (nSPS) is 30.2. The molecule has 1 saturated heterocycles. The van der Waals surface area contributed by atoms with Crippen molar-refractivity contribution in [3.63, 3.8) is 0 Å². The van der Waals surface area contributed by atoms with E-state index in [1.807, 2.05) is 13.8 Å². The maximum absolute atomic E-state index is 9.77. The van der Waals surface area contributed by atoms with Crippen LogP contribution in [-0.4, -0.2) is 60.4 Å². The zero-order chi connectivity index (χ0) is 18.5. The molecule has 2 aliphatic rings. The number of nitrogens with zero attached hydrogens (tertiary/aromatic N) is 5. The van der Waals surface area contributed by atoms with Crippen LogP contribution in [0.5, 0.6) is 0 Å². The van der Waals surface area contributed by atoms with Crippen LogP contribution in [0.3, 0.4) is 0 Å². The molecule has 0 spiro atoms. The number of hydrogen-bond acceptors (Lipinski definition) is 9. The Bertz CT molecular complexity index is 813. The summed E-state index contributed by atoms with van der Waals surface area (Å²) in [7, 11) is 0. The van der Waals surface area contributed by atoms with Gasteiger partial charge in [0.2, 0.25) is 0 Å². The van der Waals surface area contributed by atoms with E-state index in [0.29, 0.717) is 28.6 Å². The molecule has 2 aromatic heterocycles. The zero-order valence-corrected chi connectivity index (χ0v) is 15.9. The van der Waals surface area contributed by atoms with Crippen LogP contribution < -0.4 is 5.73 Å². The fourth-order valence-corrected chi connectivity index (χ4v) is 4.49. The van der Waals surface area contributed by atoms with Gasteiger partial charge in [0.05, 0.1) is 12.1 Å². The second-order valence-corrected chi connectivity index (χ2v) is 8.32. The average Bonchev–Trinajstić information content (AvgIpc) is 3.23. The molecule has 10 heteroatoms. The minimum absolute atomic E-state index is 0.0147. The summed E-state index contributed by atoms with van der Waals surface area (Å²) in [5, 5.41) is 18.9. The Morgan fingerprint density at radius 3 is 2.81 bits per heavy atom. The molecule has 2 aromatic rings. The van der Waals surface area contributed by atoms with E-state index in [2.05, 4.69) is 27.2 Å². The number of aliphatic hydroxyl groups excluding tert-OH is 1. The van der Waals surface area contributed by atoms with E-state index in [0.717, 1.165) is 12.2 Å². The van der Waals surface area contributed by atoms with E-state index in [9.17, 15) is 5.11 Å². The molecule has 3 heterocycles. The third kappa shape index (κ3) is 2.94. The largest absolute Gasteiger partial charge is 0.396 e. The number of ether oxygens (including phenoxy) is 2. The van der Waals surface area contributed by atoms with Crippen LogP contribution in [0.4, 0.5) is 5.82 Å². The van der Waals surface area contributed by atoms with E-state index in [-0.39, 0.29) is 30.8 Å². The lowest BCUT2D eigenvalue weighted by atomic mass is 10.1. The SMILES string of the molecule is CCCSc1nc(N)c2nnn([C@@H]3C[C@H](CO)[C@H]4OC(C)(C)O[C@H]43)c2n1. The fraction of sp³-hybridized carbons (Fsp3) is 0.750. The van der Waals surface area contributed by atoms with E-state index in [1.165, 1.54) is 0 Å². The summed E-state index contributed by atoms with van der Waals surface area (Å²) in [5.74, 6) is 0.544. The lowest BCUT2D eigenvalue weighted by Crippen LogP contribution is -2.28. The molecule has 3 N–H and O–H groups in total. The second kappa shape index (κ2) is 6.59. The summed E-state index contributed by atoms with van der Waals surface area (Å²) in [6.07, 6.45) is 1.32. The highest BCUT2D eigenvalue weighted by Crippen LogP contribution is 2.47. The van der Waals surface area contributed by atoms with Crippen molar-refractivity contribution in [1.29, 1.82) is 0 Å². The first-order chi connectivity index (χ1) is 12.4. The molecule has 0 amide bonds. The summed E-state index contributed by atoms with van der Waals surface area (Å²) in [4.78, 5) is 8.95. The van der Waals surface area contributed by atoms with Crippen LogP contribution in [0.2, 0.25) is 0 Å². The topological polar surface area (TPSA) is 121 Å². The van der Waals surface area contributed by atoms with Crippen molar-refractivity contribution in [2.45, 2.75) is 62.8 Å². The van der Waals surface area contributed by atoms with Crippen LogP contribution in [0, 0.1) is 5.92 Å².